The molecule has 36 heavy (non-hydrogen) atoms. The highest BCUT2D eigenvalue weighted by Gasteiger charge is 2.72. The molecule has 4 rings (SSSR count). The van der Waals surface area contributed by atoms with Crippen LogP contribution in [0.15, 0.2) is 0 Å². The topological polar surface area (TPSA) is 60.4 Å². The minimum absolute atomic E-state index is 0.0564. The Balaban J connectivity index is 1.65. The maximum atomic E-state index is 14.2. The zero-order chi connectivity index (χ0) is 26.8. The zero-order valence-electron chi connectivity index (χ0n) is 24.5. The molecule has 0 N–H and O–H groups in total. The maximum Gasteiger partial charge on any atom is 0.302 e. The fourth-order valence-electron chi connectivity index (χ4n) is 10.3. The summed E-state index contributed by atoms with van der Waals surface area (Å²) in [5.41, 5.74) is -0.776. The Bertz CT molecular complexity index is 904. The van der Waals surface area contributed by atoms with Crippen molar-refractivity contribution in [2.24, 2.45) is 57.2 Å². The van der Waals surface area contributed by atoms with Crippen molar-refractivity contribution in [3.8, 4) is 0 Å². The van der Waals surface area contributed by atoms with Gasteiger partial charge in [0.15, 0.2) is 0 Å². The van der Waals surface area contributed by atoms with E-state index in [1.54, 1.807) is 0 Å². The molecule has 0 aliphatic heterocycles. The quantitative estimate of drug-likeness (QED) is 0.356. The Morgan fingerprint density at radius 3 is 2.19 bits per heavy atom. The van der Waals surface area contributed by atoms with Gasteiger partial charge >= 0.3 is 5.97 Å². The number of hydrogen-bond donors (Lipinski definition) is 0. The van der Waals surface area contributed by atoms with Crippen LogP contribution in [0.2, 0.25) is 0 Å². The molecule has 0 saturated heterocycles. The van der Waals surface area contributed by atoms with Gasteiger partial charge in [-0.15, -0.1) is 0 Å². The van der Waals surface area contributed by atoms with Crippen molar-refractivity contribution < 1.29 is 19.1 Å². The summed E-state index contributed by atoms with van der Waals surface area (Å²) in [7, 11) is 0. The second-order valence-electron chi connectivity index (χ2n) is 15.1. The molecule has 9 atom stereocenters. The summed E-state index contributed by atoms with van der Waals surface area (Å²) >= 11 is 0. The molecule has 4 saturated carbocycles. The molecule has 204 valence electrons. The normalized spacial score (nSPS) is 44.6. The number of Topliss-reactive ketones (excluding diaryl/α,β-unsaturated/α-hetero) is 2. The van der Waals surface area contributed by atoms with Crippen LogP contribution in [0.1, 0.15) is 120 Å². The molecule has 1 unspecified atom stereocenters. The monoisotopic (exact) mass is 500 g/mol. The van der Waals surface area contributed by atoms with E-state index >= 15 is 0 Å². The van der Waals surface area contributed by atoms with Gasteiger partial charge in [-0.1, -0.05) is 74.7 Å². The lowest BCUT2D eigenvalue weighted by Gasteiger charge is -2.65. The molecular weight excluding hydrogens is 448 g/mol. The lowest BCUT2D eigenvalue weighted by molar-refractivity contribution is -0.206. The van der Waals surface area contributed by atoms with Gasteiger partial charge in [-0.05, 0) is 65.6 Å². The summed E-state index contributed by atoms with van der Waals surface area (Å²) in [5, 5.41) is 0. The second kappa shape index (κ2) is 9.23. The van der Waals surface area contributed by atoms with Crippen LogP contribution in [-0.4, -0.2) is 23.6 Å². The number of carbonyl (C=O) groups excluding carboxylic acids is 3. The number of rotatable bonds is 6. The van der Waals surface area contributed by atoms with Crippen molar-refractivity contribution in [3.63, 3.8) is 0 Å². The minimum Gasteiger partial charge on any atom is -0.462 e. The van der Waals surface area contributed by atoms with Crippen molar-refractivity contribution in [1.29, 1.82) is 0 Å². The standard InChI is InChI=1S/C32H52O4/c1-19(2)11-10-12-20(3)22-13-16-31(8)28-23(34)17-25-29(5,6)26(36-21(4)33)14-15-30(25,7)27(28)24(35)18-32(22,31)9/h19-20,22,25-28H,10-18H2,1-9H3/t20-,22-,25+,26?,27+,28-,30+,31-,32+/m1/s1. The van der Waals surface area contributed by atoms with Gasteiger partial charge in [0.25, 0.3) is 0 Å². The Kier molecular flexibility index (Phi) is 7.13. The lowest BCUT2D eigenvalue weighted by Crippen LogP contribution is -2.67. The number of esters is 1. The number of ketones is 2. The van der Waals surface area contributed by atoms with E-state index in [2.05, 4.69) is 55.4 Å². The summed E-state index contributed by atoms with van der Waals surface area (Å²) in [5.74, 6) is 1.89. The van der Waals surface area contributed by atoms with Crippen LogP contribution in [0.5, 0.6) is 0 Å². The molecule has 0 spiro atoms. The zero-order valence-corrected chi connectivity index (χ0v) is 24.5. The second-order valence-corrected chi connectivity index (χ2v) is 15.1. The van der Waals surface area contributed by atoms with Crippen LogP contribution >= 0.6 is 0 Å². The number of fused-ring (bicyclic) bond motifs is 5. The molecule has 0 bridgehead atoms. The Morgan fingerprint density at radius 2 is 1.58 bits per heavy atom. The molecule has 4 aliphatic rings. The Morgan fingerprint density at radius 1 is 0.917 bits per heavy atom. The Hall–Kier alpha value is -1.19. The predicted octanol–water partition coefficient (Wildman–Crippen LogP) is 7.42. The molecule has 4 heteroatoms. The van der Waals surface area contributed by atoms with E-state index in [1.165, 1.54) is 26.2 Å². The number of carbonyl (C=O) groups is 3. The van der Waals surface area contributed by atoms with Gasteiger partial charge in [0, 0.05) is 37.0 Å². The van der Waals surface area contributed by atoms with Crippen LogP contribution in [0.3, 0.4) is 0 Å². The van der Waals surface area contributed by atoms with E-state index in [0.717, 1.165) is 31.6 Å². The highest BCUT2D eigenvalue weighted by atomic mass is 16.5. The molecule has 0 radical (unpaired) electrons. The molecule has 0 aromatic heterocycles. The van der Waals surface area contributed by atoms with Crippen LogP contribution in [0.4, 0.5) is 0 Å². The summed E-state index contributed by atoms with van der Waals surface area (Å²) in [6.45, 7) is 19.8. The smallest absolute Gasteiger partial charge is 0.302 e. The fourth-order valence-corrected chi connectivity index (χ4v) is 10.3. The first-order valence-electron chi connectivity index (χ1n) is 14.8. The van der Waals surface area contributed by atoms with E-state index in [0.29, 0.717) is 36.2 Å². The van der Waals surface area contributed by atoms with E-state index in [9.17, 15) is 14.4 Å². The third kappa shape index (κ3) is 4.03. The predicted molar refractivity (Wildman–Crippen MR) is 143 cm³/mol. The first kappa shape index (κ1) is 27.8. The summed E-state index contributed by atoms with van der Waals surface area (Å²) in [6, 6.07) is 0. The molecule has 0 aromatic rings. The van der Waals surface area contributed by atoms with Gasteiger partial charge in [-0.2, -0.15) is 0 Å². The third-order valence-corrected chi connectivity index (χ3v) is 12.4. The SMILES string of the molecule is CC(=O)OC1CC[C@]2(C)[C@H]3C(=O)C[C@@]4(C)[C@@H]([C@H](C)CCCC(C)C)CC[C@]4(C)[C@@H]3C(=O)C[C@H]2C1(C)C. The van der Waals surface area contributed by atoms with Crippen molar-refractivity contribution >= 4 is 17.5 Å². The molecule has 0 amide bonds. The lowest BCUT2D eigenvalue weighted by atomic mass is 9.37. The van der Waals surface area contributed by atoms with Gasteiger partial charge in [0.05, 0.1) is 0 Å². The first-order chi connectivity index (χ1) is 16.6. The average molecular weight is 501 g/mol. The fraction of sp³-hybridized carbons (Fsp3) is 0.906. The highest BCUT2D eigenvalue weighted by molar-refractivity contribution is 5.95. The van der Waals surface area contributed by atoms with Crippen molar-refractivity contribution in [3.05, 3.63) is 0 Å². The van der Waals surface area contributed by atoms with Crippen LogP contribution in [0.25, 0.3) is 0 Å². The molecule has 4 fully saturated rings. The van der Waals surface area contributed by atoms with Crippen LogP contribution < -0.4 is 0 Å². The van der Waals surface area contributed by atoms with Crippen LogP contribution in [0, 0.1) is 57.2 Å². The van der Waals surface area contributed by atoms with E-state index in [-0.39, 0.29) is 51.5 Å². The third-order valence-electron chi connectivity index (χ3n) is 12.4. The molecule has 0 heterocycles. The molecule has 0 aromatic carbocycles. The molecule has 4 nitrogen and oxygen atoms in total. The van der Waals surface area contributed by atoms with E-state index < -0.39 is 0 Å². The maximum absolute atomic E-state index is 14.2. The van der Waals surface area contributed by atoms with Gasteiger partial charge in [0.1, 0.15) is 17.7 Å². The van der Waals surface area contributed by atoms with Crippen molar-refractivity contribution in [1.82, 2.24) is 0 Å². The summed E-state index contributed by atoms with van der Waals surface area (Å²) < 4.78 is 5.76. The number of hydrogen-bond acceptors (Lipinski definition) is 4. The van der Waals surface area contributed by atoms with Crippen molar-refractivity contribution in [2.75, 3.05) is 0 Å². The van der Waals surface area contributed by atoms with Gasteiger partial charge in [-0.25, -0.2) is 0 Å². The molecular formula is C32H52O4. The van der Waals surface area contributed by atoms with Gasteiger partial charge < -0.3 is 4.74 Å². The van der Waals surface area contributed by atoms with E-state index in [1.807, 2.05) is 0 Å². The average Bonchev–Trinajstić information content (AvgIpc) is 3.02. The van der Waals surface area contributed by atoms with Gasteiger partial charge in [0.2, 0.25) is 0 Å². The summed E-state index contributed by atoms with van der Waals surface area (Å²) in [6.07, 6.45) is 8.48. The van der Waals surface area contributed by atoms with E-state index in [4.69, 9.17) is 4.74 Å². The van der Waals surface area contributed by atoms with Crippen LogP contribution in [-0.2, 0) is 19.1 Å². The number of ether oxygens (including phenoxy) is 1. The van der Waals surface area contributed by atoms with Crippen molar-refractivity contribution in [2.45, 2.75) is 126 Å². The first-order valence-corrected chi connectivity index (χ1v) is 14.8. The highest BCUT2D eigenvalue weighted by Crippen LogP contribution is 2.73. The largest absolute Gasteiger partial charge is 0.462 e. The molecule has 4 aliphatic carbocycles. The minimum atomic E-state index is -0.329. The van der Waals surface area contributed by atoms with Gasteiger partial charge in [-0.3, -0.25) is 14.4 Å². The summed E-state index contributed by atoms with van der Waals surface area (Å²) in [4.78, 5) is 40.2. The Labute approximate surface area is 220 Å².